The number of hydrogen-bond acceptors (Lipinski definition) is 4. The number of benzene rings is 1. The van der Waals surface area contributed by atoms with Crippen molar-refractivity contribution in [2.45, 2.75) is 50.7 Å². The van der Waals surface area contributed by atoms with Crippen molar-refractivity contribution in [3.63, 3.8) is 0 Å². The highest BCUT2D eigenvalue weighted by Crippen LogP contribution is 2.33. The van der Waals surface area contributed by atoms with Gasteiger partial charge in [-0.3, -0.25) is 4.79 Å². The Kier molecular flexibility index (Phi) is 5.29. The zero-order valence-corrected chi connectivity index (χ0v) is 14.9. The van der Waals surface area contributed by atoms with Gasteiger partial charge >= 0.3 is 0 Å². The van der Waals surface area contributed by atoms with Gasteiger partial charge in [0.05, 0.1) is 14.2 Å². The standard InChI is InChI=1S/C19H28N2O3/c1-21(12-14-4-7-17(23-2)11-18(14)24-3)19(22)10-13-8-15-5-6-16(9-13)20-15/h4,7,11,13,15-16,20H,5-6,8-10,12H2,1-3H3. The molecule has 0 spiro atoms. The first-order valence-electron chi connectivity index (χ1n) is 8.80. The predicted octanol–water partition coefficient (Wildman–Crippen LogP) is 2.58. The molecule has 2 aliphatic heterocycles. The van der Waals surface area contributed by atoms with Gasteiger partial charge in [-0.1, -0.05) is 0 Å². The molecule has 5 heteroatoms. The van der Waals surface area contributed by atoms with Crippen LogP contribution in [0.1, 0.15) is 37.7 Å². The molecule has 132 valence electrons. The summed E-state index contributed by atoms with van der Waals surface area (Å²) in [6.07, 6.45) is 5.48. The summed E-state index contributed by atoms with van der Waals surface area (Å²) in [6.45, 7) is 0.559. The highest BCUT2D eigenvalue weighted by molar-refractivity contribution is 5.76. The van der Waals surface area contributed by atoms with E-state index in [0.29, 0.717) is 31.0 Å². The van der Waals surface area contributed by atoms with E-state index >= 15 is 0 Å². The average Bonchev–Trinajstić information content (AvgIpc) is 2.93. The van der Waals surface area contributed by atoms with Crippen molar-refractivity contribution in [2.24, 2.45) is 5.92 Å². The molecule has 1 amide bonds. The van der Waals surface area contributed by atoms with Crippen LogP contribution >= 0.6 is 0 Å². The maximum absolute atomic E-state index is 12.6. The monoisotopic (exact) mass is 332 g/mol. The summed E-state index contributed by atoms with van der Waals surface area (Å²) in [5.74, 6) is 2.26. The SMILES string of the molecule is COc1ccc(CN(C)C(=O)CC2CC3CCC(C2)N3)c(OC)c1. The van der Waals surface area contributed by atoms with Crippen molar-refractivity contribution in [3.8, 4) is 11.5 Å². The van der Waals surface area contributed by atoms with Gasteiger partial charge in [0.25, 0.3) is 0 Å². The number of fused-ring (bicyclic) bond motifs is 2. The molecule has 1 aromatic rings. The van der Waals surface area contributed by atoms with Crippen LogP contribution in [0.5, 0.6) is 11.5 Å². The average molecular weight is 332 g/mol. The van der Waals surface area contributed by atoms with E-state index in [2.05, 4.69) is 5.32 Å². The molecule has 1 N–H and O–H groups in total. The number of amides is 1. The number of piperidine rings is 1. The molecule has 2 aliphatic rings. The van der Waals surface area contributed by atoms with Crippen LogP contribution in [0.2, 0.25) is 0 Å². The topological polar surface area (TPSA) is 50.8 Å². The molecule has 2 saturated heterocycles. The molecular weight excluding hydrogens is 304 g/mol. The van der Waals surface area contributed by atoms with Crippen LogP contribution in [0.4, 0.5) is 0 Å². The van der Waals surface area contributed by atoms with Crippen LogP contribution in [0, 0.1) is 5.92 Å². The lowest BCUT2D eigenvalue weighted by Crippen LogP contribution is -2.39. The molecule has 2 unspecified atom stereocenters. The van der Waals surface area contributed by atoms with E-state index in [9.17, 15) is 4.79 Å². The minimum Gasteiger partial charge on any atom is -0.497 e. The second-order valence-corrected chi connectivity index (χ2v) is 7.11. The summed E-state index contributed by atoms with van der Waals surface area (Å²) in [5.41, 5.74) is 1.000. The third kappa shape index (κ3) is 3.83. The molecule has 2 heterocycles. The predicted molar refractivity (Wildman–Crippen MR) is 93.3 cm³/mol. The maximum Gasteiger partial charge on any atom is 0.222 e. The van der Waals surface area contributed by atoms with Crippen LogP contribution in [-0.4, -0.2) is 44.2 Å². The number of methoxy groups -OCH3 is 2. The van der Waals surface area contributed by atoms with Gasteiger partial charge in [-0.2, -0.15) is 0 Å². The van der Waals surface area contributed by atoms with Crippen LogP contribution < -0.4 is 14.8 Å². The smallest absolute Gasteiger partial charge is 0.222 e. The molecule has 2 fully saturated rings. The summed E-state index contributed by atoms with van der Waals surface area (Å²) in [5, 5.41) is 3.64. The van der Waals surface area contributed by atoms with Crippen molar-refractivity contribution in [3.05, 3.63) is 23.8 Å². The van der Waals surface area contributed by atoms with E-state index in [1.807, 2.05) is 30.1 Å². The number of hydrogen-bond donors (Lipinski definition) is 1. The van der Waals surface area contributed by atoms with Gasteiger partial charge in [-0.15, -0.1) is 0 Å². The number of ether oxygens (including phenoxy) is 2. The summed E-state index contributed by atoms with van der Waals surface area (Å²) >= 11 is 0. The summed E-state index contributed by atoms with van der Waals surface area (Å²) in [4.78, 5) is 14.4. The first-order valence-corrected chi connectivity index (χ1v) is 8.80. The van der Waals surface area contributed by atoms with Gasteiger partial charge in [-0.05, 0) is 43.7 Å². The number of nitrogens with zero attached hydrogens (tertiary/aromatic N) is 1. The van der Waals surface area contributed by atoms with Crippen molar-refractivity contribution in [1.82, 2.24) is 10.2 Å². The van der Waals surface area contributed by atoms with Crippen molar-refractivity contribution in [2.75, 3.05) is 21.3 Å². The number of rotatable bonds is 6. The quantitative estimate of drug-likeness (QED) is 0.870. The van der Waals surface area contributed by atoms with E-state index in [1.54, 1.807) is 14.2 Å². The van der Waals surface area contributed by atoms with Crippen molar-refractivity contribution < 1.29 is 14.3 Å². The fourth-order valence-corrected chi connectivity index (χ4v) is 4.07. The first kappa shape index (κ1) is 17.1. The van der Waals surface area contributed by atoms with E-state index in [4.69, 9.17) is 9.47 Å². The van der Waals surface area contributed by atoms with E-state index in [-0.39, 0.29) is 5.91 Å². The van der Waals surface area contributed by atoms with E-state index in [0.717, 1.165) is 29.9 Å². The fourth-order valence-electron chi connectivity index (χ4n) is 4.07. The molecule has 0 saturated carbocycles. The Morgan fingerprint density at radius 1 is 1.21 bits per heavy atom. The summed E-state index contributed by atoms with van der Waals surface area (Å²) in [6, 6.07) is 6.99. The number of carbonyl (C=O) groups excluding carboxylic acids is 1. The van der Waals surface area contributed by atoms with Crippen LogP contribution in [0.15, 0.2) is 18.2 Å². The van der Waals surface area contributed by atoms with Gasteiger partial charge in [-0.25, -0.2) is 0 Å². The number of carbonyl (C=O) groups is 1. The van der Waals surface area contributed by atoms with Gasteiger partial charge in [0.1, 0.15) is 11.5 Å². The minimum absolute atomic E-state index is 0.221. The molecule has 0 radical (unpaired) electrons. The van der Waals surface area contributed by atoms with Crippen molar-refractivity contribution >= 4 is 5.91 Å². The van der Waals surface area contributed by atoms with Gasteiger partial charge < -0.3 is 19.7 Å². The maximum atomic E-state index is 12.6. The molecule has 5 nitrogen and oxygen atoms in total. The second-order valence-electron chi connectivity index (χ2n) is 7.11. The van der Waals surface area contributed by atoms with Crippen LogP contribution in [-0.2, 0) is 11.3 Å². The van der Waals surface area contributed by atoms with Crippen molar-refractivity contribution in [1.29, 1.82) is 0 Å². The van der Waals surface area contributed by atoms with Crippen LogP contribution in [0.25, 0.3) is 0 Å². The molecule has 3 rings (SSSR count). The van der Waals surface area contributed by atoms with Crippen LogP contribution in [0.3, 0.4) is 0 Å². The summed E-state index contributed by atoms with van der Waals surface area (Å²) in [7, 11) is 5.16. The lowest BCUT2D eigenvalue weighted by molar-refractivity contribution is -0.131. The third-order valence-corrected chi connectivity index (χ3v) is 5.36. The molecular formula is C19H28N2O3. The molecule has 0 aromatic heterocycles. The fraction of sp³-hybridized carbons (Fsp3) is 0.632. The zero-order valence-electron chi connectivity index (χ0n) is 14.9. The largest absolute Gasteiger partial charge is 0.497 e. The highest BCUT2D eigenvalue weighted by atomic mass is 16.5. The normalized spacial score (nSPS) is 25.4. The Labute approximate surface area is 144 Å². The van der Waals surface area contributed by atoms with Gasteiger partial charge in [0.15, 0.2) is 0 Å². The Bertz CT molecular complexity index is 578. The Balaban J connectivity index is 1.58. The Morgan fingerprint density at radius 2 is 1.92 bits per heavy atom. The van der Waals surface area contributed by atoms with E-state index in [1.165, 1.54) is 12.8 Å². The molecule has 2 atom stereocenters. The zero-order chi connectivity index (χ0) is 17.1. The minimum atomic E-state index is 0.221. The second kappa shape index (κ2) is 7.43. The first-order chi connectivity index (χ1) is 11.6. The van der Waals surface area contributed by atoms with Gasteiger partial charge in [0, 0.05) is 43.7 Å². The Hall–Kier alpha value is -1.75. The molecule has 24 heavy (non-hydrogen) atoms. The molecule has 0 aliphatic carbocycles. The lowest BCUT2D eigenvalue weighted by atomic mass is 9.89. The number of nitrogens with one attached hydrogen (secondary N) is 1. The van der Waals surface area contributed by atoms with Gasteiger partial charge in [0.2, 0.25) is 5.91 Å². The van der Waals surface area contributed by atoms with E-state index < -0.39 is 0 Å². The molecule has 2 bridgehead atoms. The Morgan fingerprint density at radius 3 is 2.54 bits per heavy atom. The third-order valence-electron chi connectivity index (χ3n) is 5.36. The molecule has 1 aromatic carbocycles. The summed E-state index contributed by atoms with van der Waals surface area (Å²) < 4.78 is 10.7. The highest BCUT2D eigenvalue weighted by Gasteiger charge is 2.34. The lowest BCUT2D eigenvalue weighted by Gasteiger charge is -2.30.